The number of carbonyl (C=O) groups excluding carboxylic acids is 1. The van der Waals surface area contributed by atoms with E-state index in [2.05, 4.69) is 14.5 Å². The molecule has 0 fully saturated rings. The lowest BCUT2D eigenvalue weighted by Gasteiger charge is -2.14. The van der Waals surface area contributed by atoms with E-state index in [9.17, 15) is 18.0 Å². The normalized spacial score (nSPS) is 11.2. The molecule has 8 heteroatoms. The van der Waals surface area contributed by atoms with Crippen molar-refractivity contribution in [1.82, 2.24) is 4.98 Å². The number of aromatic nitrogens is 1. The Morgan fingerprint density at radius 3 is 2.56 bits per heavy atom. The number of carbonyl (C=O) groups is 1. The van der Waals surface area contributed by atoms with E-state index in [0.29, 0.717) is 0 Å². The number of nitrogens with zero attached hydrogens (tertiary/aromatic N) is 1. The van der Waals surface area contributed by atoms with Crippen molar-refractivity contribution < 1.29 is 27.4 Å². The molecular formula is C10H11F3N2O3. The van der Waals surface area contributed by atoms with Gasteiger partial charge in [0.2, 0.25) is 0 Å². The number of rotatable bonds is 3. The van der Waals surface area contributed by atoms with Gasteiger partial charge in [-0.05, 0) is 12.5 Å². The SMILES string of the molecule is COC(=O)c1ncc(OC(F)(F)F)c(C)c1CN. The van der Waals surface area contributed by atoms with E-state index in [-0.39, 0.29) is 23.4 Å². The van der Waals surface area contributed by atoms with E-state index in [4.69, 9.17) is 5.73 Å². The third-order valence-corrected chi connectivity index (χ3v) is 2.23. The topological polar surface area (TPSA) is 74.4 Å². The smallest absolute Gasteiger partial charge is 0.464 e. The largest absolute Gasteiger partial charge is 0.573 e. The van der Waals surface area contributed by atoms with Gasteiger partial charge in [0.25, 0.3) is 0 Å². The van der Waals surface area contributed by atoms with Gasteiger partial charge < -0.3 is 15.2 Å². The van der Waals surface area contributed by atoms with Crippen molar-refractivity contribution in [2.24, 2.45) is 5.73 Å². The average Bonchev–Trinajstić information content (AvgIpc) is 2.28. The van der Waals surface area contributed by atoms with Gasteiger partial charge in [-0.25, -0.2) is 9.78 Å². The van der Waals surface area contributed by atoms with Crippen molar-refractivity contribution in [2.45, 2.75) is 19.8 Å². The molecule has 100 valence electrons. The molecule has 0 spiro atoms. The van der Waals surface area contributed by atoms with Gasteiger partial charge in [-0.2, -0.15) is 0 Å². The average molecular weight is 264 g/mol. The summed E-state index contributed by atoms with van der Waals surface area (Å²) in [6.45, 7) is 1.20. The van der Waals surface area contributed by atoms with Crippen molar-refractivity contribution in [3.8, 4) is 5.75 Å². The number of alkyl halides is 3. The van der Waals surface area contributed by atoms with Crippen LogP contribution in [0.3, 0.4) is 0 Å². The van der Waals surface area contributed by atoms with E-state index in [1.165, 1.54) is 6.92 Å². The molecule has 0 saturated heterocycles. The first kappa shape index (κ1) is 14.2. The number of ether oxygens (including phenoxy) is 2. The van der Waals surface area contributed by atoms with Crippen LogP contribution in [0, 0.1) is 6.92 Å². The van der Waals surface area contributed by atoms with Crippen LogP contribution in [0.4, 0.5) is 13.2 Å². The molecule has 1 heterocycles. The summed E-state index contributed by atoms with van der Waals surface area (Å²) in [5.41, 5.74) is 5.53. The summed E-state index contributed by atoms with van der Waals surface area (Å²) in [7, 11) is 1.14. The fourth-order valence-corrected chi connectivity index (χ4v) is 1.37. The van der Waals surface area contributed by atoms with Gasteiger partial charge >= 0.3 is 12.3 Å². The Balaban J connectivity index is 3.24. The van der Waals surface area contributed by atoms with Crippen molar-refractivity contribution >= 4 is 5.97 Å². The molecule has 1 aromatic rings. The number of nitrogens with two attached hydrogens (primary N) is 1. The summed E-state index contributed by atoms with van der Waals surface area (Å²) < 4.78 is 44.6. The molecule has 1 rings (SSSR count). The van der Waals surface area contributed by atoms with Crippen LogP contribution in [0.15, 0.2) is 6.20 Å². The minimum atomic E-state index is -4.83. The Morgan fingerprint density at radius 2 is 2.11 bits per heavy atom. The molecule has 0 amide bonds. The van der Waals surface area contributed by atoms with Gasteiger partial charge in [-0.15, -0.1) is 13.2 Å². The molecule has 1 aromatic heterocycles. The van der Waals surface area contributed by atoms with E-state index in [1.807, 2.05) is 0 Å². The molecule has 2 N–H and O–H groups in total. The zero-order chi connectivity index (χ0) is 13.9. The van der Waals surface area contributed by atoms with Crippen LogP contribution >= 0.6 is 0 Å². The lowest BCUT2D eigenvalue weighted by molar-refractivity contribution is -0.275. The Kier molecular flexibility index (Phi) is 4.12. The van der Waals surface area contributed by atoms with Gasteiger partial charge in [-0.1, -0.05) is 0 Å². The first-order valence-electron chi connectivity index (χ1n) is 4.82. The van der Waals surface area contributed by atoms with E-state index in [1.54, 1.807) is 0 Å². The molecule has 5 nitrogen and oxygen atoms in total. The Labute approximate surface area is 101 Å². The summed E-state index contributed by atoms with van der Waals surface area (Å²) in [5, 5.41) is 0. The van der Waals surface area contributed by atoms with Crippen LogP contribution in [0.25, 0.3) is 0 Å². The second-order valence-corrected chi connectivity index (χ2v) is 3.32. The zero-order valence-corrected chi connectivity index (χ0v) is 9.67. The number of hydrogen-bond donors (Lipinski definition) is 1. The van der Waals surface area contributed by atoms with Crippen molar-refractivity contribution in [3.63, 3.8) is 0 Å². The quantitative estimate of drug-likeness (QED) is 0.838. The maximum Gasteiger partial charge on any atom is 0.573 e. The van der Waals surface area contributed by atoms with Crippen molar-refractivity contribution in [2.75, 3.05) is 7.11 Å². The molecular weight excluding hydrogens is 253 g/mol. The first-order chi connectivity index (χ1) is 8.30. The lowest BCUT2D eigenvalue weighted by atomic mass is 10.1. The van der Waals surface area contributed by atoms with Gasteiger partial charge in [-0.3, -0.25) is 0 Å². The van der Waals surface area contributed by atoms with Crippen molar-refractivity contribution in [1.29, 1.82) is 0 Å². The number of pyridine rings is 1. The summed E-state index contributed by atoms with van der Waals surface area (Å²) >= 11 is 0. The number of methoxy groups -OCH3 is 1. The molecule has 0 atom stereocenters. The van der Waals surface area contributed by atoms with E-state index < -0.39 is 18.1 Å². The van der Waals surface area contributed by atoms with Gasteiger partial charge in [0.15, 0.2) is 11.4 Å². The zero-order valence-electron chi connectivity index (χ0n) is 9.67. The summed E-state index contributed by atoms with van der Waals surface area (Å²) in [4.78, 5) is 14.9. The molecule has 0 aliphatic rings. The molecule has 0 unspecified atom stereocenters. The molecule has 0 bridgehead atoms. The fraction of sp³-hybridized carbons (Fsp3) is 0.400. The third-order valence-electron chi connectivity index (χ3n) is 2.23. The number of esters is 1. The maximum absolute atomic E-state index is 12.1. The van der Waals surface area contributed by atoms with Crippen LogP contribution in [-0.4, -0.2) is 24.4 Å². The predicted molar refractivity (Wildman–Crippen MR) is 54.9 cm³/mol. The van der Waals surface area contributed by atoms with Crippen LogP contribution in [0.5, 0.6) is 5.75 Å². The van der Waals surface area contributed by atoms with Crippen LogP contribution in [0.2, 0.25) is 0 Å². The van der Waals surface area contributed by atoms with E-state index in [0.717, 1.165) is 13.3 Å². The Hall–Kier alpha value is -1.83. The molecule has 18 heavy (non-hydrogen) atoms. The number of hydrogen-bond acceptors (Lipinski definition) is 5. The molecule has 0 aliphatic heterocycles. The standard InChI is InChI=1S/C10H11F3N2O3/c1-5-6(3-14)8(9(16)17-2)15-4-7(5)18-10(11,12)13/h4H,3,14H2,1-2H3. The molecule has 0 saturated carbocycles. The summed E-state index contributed by atoms with van der Waals surface area (Å²) in [5.74, 6) is -1.26. The summed E-state index contributed by atoms with van der Waals surface area (Å²) in [6.07, 6.45) is -4.01. The highest BCUT2D eigenvalue weighted by Gasteiger charge is 2.32. The minimum absolute atomic E-state index is 0.102. The minimum Gasteiger partial charge on any atom is -0.464 e. The first-order valence-corrected chi connectivity index (χ1v) is 4.82. The Bertz CT molecular complexity index is 460. The molecule has 0 aliphatic carbocycles. The second kappa shape index (κ2) is 5.21. The highest BCUT2D eigenvalue weighted by molar-refractivity contribution is 5.89. The van der Waals surface area contributed by atoms with Gasteiger partial charge in [0.1, 0.15) is 0 Å². The predicted octanol–water partition coefficient (Wildman–Crippen LogP) is 1.53. The highest BCUT2D eigenvalue weighted by atomic mass is 19.4. The van der Waals surface area contributed by atoms with Crippen LogP contribution in [-0.2, 0) is 11.3 Å². The summed E-state index contributed by atoms with van der Waals surface area (Å²) in [6, 6.07) is 0. The maximum atomic E-state index is 12.1. The molecule has 0 radical (unpaired) electrons. The Morgan fingerprint density at radius 1 is 1.50 bits per heavy atom. The van der Waals surface area contributed by atoms with Crippen molar-refractivity contribution in [3.05, 3.63) is 23.0 Å². The monoisotopic (exact) mass is 264 g/mol. The molecule has 0 aromatic carbocycles. The fourth-order valence-electron chi connectivity index (χ4n) is 1.37. The van der Waals surface area contributed by atoms with E-state index >= 15 is 0 Å². The van der Waals surface area contributed by atoms with Crippen LogP contribution in [0.1, 0.15) is 21.6 Å². The van der Waals surface area contributed by atoms with Gasteiger partial charge in [0.05, 0.1) is 13.3 Å². The third kappa shape index (κ3) is 3.10. The number of halogens is 3. The van der Waals surface area contributed by atoms with Gasteiger partial charge in [0, 0.05) is 12.1 Å². The lowest BCUT2D eigenvalue weighted by Crippen LogP contribution is -2.20. The highest BCUT2D eigenvalue weighted by Crippen LogP contribution is 2.28. The van der Waals surface area contributed by atoms with Crippen LogP contribution < -0.4 is 10.5 Å². The second-order valence-electron chi connectivity index (χ2n) is 3.32.